The van der Waals surface area contributed by atoms with Crippen molar-refractivity contribution in [2.75, 3.05) is 11.9 Å². The van der Waals surface area contributed by atoms with Crippen LogP contribution in [0.15, 0.2) is 18.2 Å². The Balaban J connectivity index is 1.99. The van der Waals surface area contributed by atoms with Crippen LogP contribution in [0.25, 0.3) is 0 Å². The number of anilines is 1. The smallest absolute Gasteiger partial charge is 0.262 e. The van der Waals surface area contributed by atoms with Crippen molar-refractivity contribution in [3.8, 4) is 5.75 Å². The van der Waals surface area contributed by atoms with Gasteiger partial charge in [0.1, 0.15) is 5.75 Å². The van der Waals surface area contributed by atoms with Crippen LogP contribution in [-0.4, -0.2) is 18.4 Å². The first-order valence-corrected chi connectivity index (χ1v) is 6.24. The van der Waals surface area contributed by atoms with Gasteiger partial charge in [0.05, 0.1) is 11.1 Å². The number of hydrogen-bond donors (Lipinski definition) is 3. The Labute approximate surface area is 110 Å². The number of nitrogens with one attached hydrogen (secondary N) is 2. The van der Waals surface area contributed by atoms with Gasteiger partial charge in [0.25, 0.3) is 5.91 Å². The van der Waals surface area contributed by atoms with E-state index < -0.39 is 5.41 Å². The van der Waals surface area contributed by atoms with Gasteiger partial charge in [-0.05, 0) is 30.5 Å². The average Bonchev–Trinajstić information content (AvgIpc) is 2.36. The van der Waals surface area contributed by atoms with Crippen molar-refractivity contribution in [2.45, 2.75) is 24.7 Å². The molecule has 1 fully saturated rings. The lowest BCUT2D eigenvalue weighted by Gasteiger charge is -2.40. The van der Waals surface area contributed by atoms with Gasteiger partial charge in [0.15, 0.2) is 6.61 Å². The molecule has 2 aliphatic rings. The molecule has 1 heterocycles. The van der Waals surface area contributed by atoms with Gasteiger partial charge in [0, 0.05) is 0 Å². The first-order chi connectivity index (χ1) is 9.15. The van der Waals surface area contributed by atoms with Gasteiger partial charge in [-0.1, -0.05) is 12.5 Å². The van der Waals surface area contributed by atoms with Gasteiger partial charge in [-0.2, -0.15) is 0 Å². The van der Waals surface area contributed by atoms with E-state index in [1.54, 1.807) is 12.1 Å². The summed E-state index contributed by atoms with van der Waals surface area (Å²) >= 11 is 0. The largest absolute Gasteiger partial charge is 0.482 e. The number of nitrogens with two attached hydrogens (primary N) is 1. The zero-order valence-corrected chi connectivity index (χ0v) is 10.4. The standard InChI is InChI=1S/C13H15N3O3/c14-16-12(18)13(4-1-5-13)8-2-3-10-9(6-8)15-11(17)7-19-10/h2-3,6H,1,4-5,7,14H2,(H,15,17)(H,16,18). The third kappa shape index (κ3) is 1.76. The van der Waals surface area contributed by atoms with E-state index in [-0.39, 0.29) is 18.4 Å². The Hall–Kier alpha value is -2.08. The van der Waals surface area contributed by atoms with Crippen molar-refractivity contribution < 1.29 is 14.3 Å². The van der Waals surface area contributed by atoms with Crippen LogP contribution in [0, 0.1) is 0 Å². The van der Waals surface area contributed by atoms with Crippen LogP contribution in [0.5, 0.6) is 5.75 Å². The van der Waals surface area contributed by atoms with Gasteiger partial charge < -0.3 is 10.1 Å². The predicted octanol–water partition coefficient (Wildman–Crippen LogP) is 0.429. The summed E-state index contributed by atoms with van der Waals surface area (Å²) < 4.78 is 5.30. The second-order valence-electron chi connectivity index (χ2n) is 4.96. The zero-order chi connectivity index (χ0) is 13.5. The maximum absolute atomic E-state index is 12.0. The lowest BCUT2D eigenvalue weighted by molar-refractivity contribution is -0.130. The van der Waals surface area contributed by atoms with E-state index in [1.807, 2.05) is 6.07 Å². The topological polar surface area (TPSA) is 93.5 Å². The Morgan fingerprint density at radius 3 is 2.84 bits per heavy atom. The molecule has 0 aromatic heterocycles. The van der Waals surface area contributed by atoms with E-state index in [4.69, 9.17) is 10.6 Å². The molecule has 0 spiro atoms. The summed E-state index contributed by atoms with van der Waals surface area (Å²) in [4.78, 5) is 23.3. The maximum Gasteiger partial charge on any atom is 0.262 e. The van der Waals surface area contributed by atoms with E-state index in [2.05, 4.69) is 10.7 Å². The molecule has 0 saturated heterocycles. The molecule has 1 aliphatic carbocycles. The first kappa shape index (κ1) is 12.0. The summed E-state index contributed by atoms with van der Waals surface area (Å²) in [6.45, 7) is 0.0285. The lowest BCUT2D eigenvalue weighted by Crippen LogP contribution is -2.51. The monoisotopic (exact) mass is 261 g/mol. The van der Waals surface area contributed by atoms with E-state index >= 15 is 0 Å². The minimum atomic E-state index is -0.564. The summed E-state index contributed by atoms with van der Waals surface area (Å²) in [5.74, 6) is 5.54. The Kier molecular flexibility index (Phi) is 2.67. The molecule has 1 aromatic rings. The van der Waals surface area contributed by atoms with Crippen molar-refractivity contribution in [3.05, 3.63) is 23.8 Å². The molecule has 0 unspecified atom stereocenters. The molecule has 0 bridgehead atoms. The molecule has 1 saturated carbocycles. The number of rotatable bonds is 2. The fourth-order valence-corrected chi connectivity index (χ4v) is 2.70. The predicted molar refractivity (Wildman–Crippen MR) is 68.4 cm³/mol. The van der Waals surface area contributed by atoms with Crippen molar-refractivity contribution in [3.63, 3.8) is 0 Å². The molecule has 6 nitrogen and oxygen atoms in total. The number of hydrazine groups is 1. The minimum absolute atomic E-state index is 0.0285. The Morgan fingerprint density at radius 2 is 2.21 bits per heavy atom. The molecule has 1 aliphatic heterocycles. The molecule has 4 N–H and O–H groups in total. The van der Waals surface area contributed by atoms with Crippen molar-refractivity contribution in [2.24, 2.45) is 5.84 Å². The minimum Gasteiger partial charge on any atom is -0.482 e. The van der Waals surface area contributed by atoms with Gasteiger partial charge in [-0.25, -0.2) is 5.84 Å². The van der Waals surface area contributed by atoms with Gasteiger partial charge >= 0.3 is 0 Å². The summed E-state index contributed by atoms with van der Waals surface area (Å²) in [6.07, 6.45) is 2.53. The maximum atomic E-state index is 12.0. The number of hydrogen-bond acceptors (Lipinski definition) is 4. The second kappa shape index (κ2) is 4.24. The molecule has 1 aromatic carbocycles. The third-order valence-corrected chi connectivity index (χ3v) is 3.94. The molecule has 0 radical (unpaired) electrons. The number of amides is 2. The van der Waals surface area contributed by atoms with E-state index in [1.165, 1.54) is 0 Å². The SMILES string of the molecule is NNC(=O)C1(c2ccc3c(c2)NC(=O)CO3)CCC1. The number of benzene rings is 1. The van der Waals surface area contributed by atoms with Crippen LogP contribution >= 0.6 is 0 Å². The Morgan fingerprint density at radius 1 is 1.42 bits per heavy atom. The highest BCUT2D eigenvalue weighted by molar-refractivity contribution is 5.96. The Bertz CT molecular complexity index is 552. The summed E-state index contributed by atoms with van der Waals surface area (Å²) in [6, 6.07) is 5.46. The highest BCUT2D eigenvalue weighted by atomic mass is 16.5. The molecule has 3 rings (SSSR count). The van der Waals surface area contributed by atoms with Gasteiger partial charge in [0.2, 0.25) is 5.91 Å². The molecular weight excluding hydrogens is 246 g/mol. The van der Waals surface area contributed by atoms with Gasteiger partial charge in [-0.3, -0.25) is 15.0 Å². The highest BCUT2D eigenvalue weighted by Crippen LogP contribution is 2.45. The zero-order valence-electron chi connectivity index (χ0n) is 10.4. The normalized spacial score (nSPS) is 19.5. The van der Waals surface area contributed by atoms with Crippen LogP contribution in [0.3, 0.4) is 0 Å². The summed E-state index contributed by atoms with van der Waals surface area (Å²) in [5, 5.41) is 2.75. The fourth-order valence-electron chi connectivity index (χ4n) is 2.70. The highest BCUT2D eigenvalue weighted by Gasteiger charge is 2.45. The van der Waals surface area contributed by atoms with Crippen molar-refractivity contribution >= 4 is 17.5 Å². The number of fused-ring (bicyclic) bond motifs is 1. The first-order valence-electron chi connectivity index (χ1n) is 6.24. The number of carbonyl (C=O) groups is 2. The van der Waals surface area contributed by atoms with Crippen molar-refractivity contribution in [1.82, 2.24) is 5.43 Å². The average molecular weight is 261 g/mol. The fraction of sp³-hybridized carbons (Fsp3) is 0.385. The van der Waals surface area contributed by atoms with Crippen LogP contribution in [-0.2, 0) is 15.0 Å². The van der Waals surface area contributed by atoms with Crippen LogP contribution in [0.4, 0.5) is 5.69 Å². The second-order valence-corrected chi connectivity index (χ2v) is 4.96. The molecule has 0 atom stereocenters. The van der Waals surface area contributed by atoms with E-state index in [0.29, 0.717) is 11.4 Å². The molecule has 6 heteroatoms. The summed E-state index contributed by atoms with van der Waals surface area (Å²) in [7, 11) is 0. The van der Waals surface area contributed by atoms with Crippen molar-refractivity contribution in [1.29, 1.82) is 0 Å². The number of ether oxygens (including phenoxy) is 1. The molecule has 100 valence electrons. The van der Waals surface area contributed by atoms with Crippen LogP contribution in [0.1, 0.15) is 24.8 Å². The van der Waals surface area contributed by atoms with Crippen LogP contribution < -0.4 is 21.3 Å². The van der Waals surface area contributed by atoms with Gasteiger partial charge in [-0.15, -0.1) is 0 Å². The number of carbonyl (C=O) groups excluding carboxylic acids is 2. The van der Waals surface area contributed by atoms with Crippen LogP contribution in [0.2, 0.25) is 0 Å². The molecular formula is C13H15N3O3. The van der Waals surface area contributed by atoms with E-state index in [0.717, 1.165) is 24.8 Å². The molecule has 19 heavy (non-hydrogen) atoms. The third-order valence-electron chi connectivity index (χ3n) is 3.94. The molecule has 2 amide bonds. The quantitative estimate of drug-likeness (QED) is 0.409. The summed E-state index contributed by atoms with van der Waals surface area (Å²) in [5.41, 5.74) is 3.16. The lowest BCUT2D eigenvalue weighted by atomic mass is 9.64. The van der Waals surface area contributed by atoms with E-state index in [9.17, 15) is 9.59 Å².